The predicted octanol–water partition coefficient (Wildman–Crippen LogP) is 1.79. The molecule has 0 bridgehead atoms. The monoisotopic (exact) mass is 420 g/mol. The van der Waals surface area contributed by atoms with Crippen LogP contribution >= 0.6 is 0 Å². The van der Waals surface area contributed by atoms with Crippen molar-refractivity contribution in [2.75, 3.05) is 26.3 Å². The maximum absolute atomic E-state index is 12.4. The maximum atomic E-state index is 12.4. The summed E-state index contributed by atoms with van der Waals surface area (Å²) < 4.78 is 41.8. The molecule has 0 saturated carbocycles. The molecule has 0 spiro atoms. The van der Waals surface area contributed by atoms with Crippen molar-refractivity contribution in [2.24, 2.45) is 0 Å². The molecule has 9 nitrogen and oxygen atoms in total. The molecule has 0 aromatic rings. The molecule has 0 aromatic carbocycles. The number of sulfonamides is 1. The lowest BCUT2D eigenvalue weighted by atomic mass is 10.1. The highest BCUT2D eigenvalue weighted by molar-refractivity contribution is 7.92. The molecule has 1 amide bonds. The molecule has 1 N–H and O–H groups in total. The Balaban J connectivity index is 2.89. The second-order valence-electron chi connectivity index (χ2n) is 8.43. The van der Waals surface area contributed by atoms with E-state index >= 15 is 0 Å². The Morgan fingerprint density at radius 3 is 2.11 bits per heavy atom. The van der Waals surface area contributed by atoms with Crippen LogP contribution in [0.3, 0.4) is 0 Å². The molecule has 1 atom stereocenters. The number of ether oxygens (including phenoxy) is 3. The number of nitrogens with one attached hydrogen (secondary N) is 1. The molecule has 162 valence electrons. The van der Waals surface area contributed by atoms with Gasteiger partial charge in [-0.25, -0.2) is 13.2 Å². The molecule has 1 rings (SSSR count). The number of morpholine rings is 1. The highest BCUT2D eigenvalue weighted by Gasteiger charge is 2.25. The lowest BCUT2D eigenvalue weighted by Gasteiger charge is -2.25. The molecular weight excluding hydrogens is 388 g/mol. The molecule has 10 heteroatoms. The normalized spacial score (nSPS) is 17.9. The summed E-state index contributed by atoms with van der Waals surface area (Å²) in [6.45, 7) is 11.4. The molecule has 1 heterocycles. The van der Waals surface area contributed by atoms with Crippen molar-refractivity contribution in [3.8, 4) is 0 Å². The Bertz CT molecular complexity index is 639. The standard InChI is InChI=1S/C18H32N2O7S/c1-17(2,3)26-15(21)13-14(19-16(22)27-18(4,5)6)7-12-28(23,24)20-8-10-25-11-9-20/h7,12,14H,8-11,13H2,1-6H3,(H,19,22)/b12-7+. The Morgan fingerprint density at radius 1 is 1.07 bits per heavy atom. The molecular formula is C18H32N2O7S. The highest BCUT2D eigenvalue weighted by Crippen LogP contribution is 2.13. The summed E-state index contributed by atoms with van der Waals surface area (Å²) in [5.41, 5.74) is -1.43. The maximum Gasteiger partial charge on any atom is 0.408 e. The van der Waals surface area contributed by atoms with Gasteiger partial charge in [0.2, 0.25) is 10.0 Å². The SMILES string of the molecule is CC(C)(C)OC(=O)CC(/C=C/S(=O)(=O)N1CCOCC1)NC(=O)OC(C)(C)C. The average molecular weight is 421 g/mol. The van der Waals surface area contributed by atoms with Gasteiger partial charge in [0.25, 0.3) is 0 Å². The van der Waals surface area contributed by atoms with Crippen LogP contribution in [-0.2, 0) is 29.0 Å². The second kappa shape index (κ2) is 9.71. The summed E-state index contributed by atoms with van der Waals surface area (Å²) in [5.74, 6) is -0.568. The van der Waals surface area contributed by atoms with Gasteiger partial charge in [0.15, 0.2) is 0 Å². The van der Waals surface area contributed by atoms with E-state index in [1.165, 1.54) is 10.4 Å². The minimum atomic E-state index is -3.69. The lowest BCUT2D eigenvalue weighted by molar-refractivity contribution is -0.155. The van der Waals surface area contributed by atoms with Crippen LogP contribution in [-0.4, -0.2) is 68.3 Å². The minimum absolute atomic E-state index is 0.231. The number of alkyl carbamates (subject to hydrolysis) is 1. The van der Waals surface area contributed by atoms with Crippen molar-refractivity contribution in [3.05, 3.63) is 11.5 Å². The summed E-state index contributed by atoms with van der Waals surface area (Å²) in [6.07, 6.45) is 0.277. The largest absolute Gasteiger partial charge is 0.460 e. The smallest absolute Gasteiger partial charge is 0.408 e. The minimum Gasteiger partial charge on any atom is -0.460 e. The van der Waals surface area contributed by atoms with Crippen molar-refractivity contribution in [1.29, 1.82) is 0 Å². The van der Waals surface area contributed by atoms with E-state index in [1.54, 1.807) is 41.5 Å². The summed E-state index contributed by atoms with van der Waals surface area (Å²) in [6, 6.07) is -0.902. The summed E-state index contributed by atoms with van der Waals surface area (Å²) >= 11 is 0. The van der Waals surface area contributed by atoms with Crippen molar-refractivity contribution in [3.63, 3.8) is 0 Å². The number of carbonyl (C=O) groups is 2. The van der Waals surface area contributed by atoms with E-state index < -0.39 is 39.3 Å². The molecule has 1 aliphatic heterocycles. The van der Waals surface area contributed by atoms with Crippen LogP contribution in [0.15, 0.2) is 11.5 Å². The molecule has 1 fully saturated rings. The third kappa shape index (κ3) is 10.0. The van der Waals surface area contributed by atoms with E-state index in [-0.39, 0.29) is 19.5 Å². The first kappa shape index (κ1) is 24.4. The van der Waals surface area contributed by atoms with Crippen molar-refractivity contribution < 1.29 is 32.2 Å². The topological polar surface area (TPSA) is 111 Å². The van der Waals surface area contributed by atoms with Crippen molar-refractivity contribution in [2.45, 2.75) is 65.2 Å². The number of carbonyl (C=O) groups excluding carboxylic acids is 2. The quantitative estimate of drug-likeness (QED) is 0.652. The zero-order valence-electron chi connectivity index (χ0n) is 17.5. The Labute approximate surface area is 167 Å². The van der Waals surface area contributed by atoms with Gasteiger partial charge < -0.3 is 19.5 Å². The van der Waals surface area contributed by atoms with Crippen LogP contribution in [0, 0.1) is 0 Å². The van der Waals surface area contributed by atoms with Gasteiger partial charge in [-0.1, -0.05) is 0 Å². The number of nitrogens with zero attached hydrogens (tertiary/aromatic N) is 1. The first-order valence-electron chi connectivity index (χ1n) is 9.15. The predicted molar refractivity (Wildman–Crippen MR) is 104 cm³/mol. The molecule has 0 aromatic heterocycles. The third-order valence-corrected chi connectivity index (χ3v) is 4.91. The zero-order chi connectivity index (χ0) is 21.6. The number of esters is 1. The summed E-state index contributed by atoms with van der Waals surface area (Å²) in [7, 11) is -3.69. The van der Waals surface area contributed by atoms with Gasteiger partial charge in [-0.05, 0) is 47.6 Å². The van der Waals surface area contributed by atoms with Crippen LogP contribution in [0.5, 0.6) is 0 Å². The van der Waals surface area contributed by atoms with Gasteiger partial charge in [-0.15, -0.1) is 0 Å². The lowest BCUT2D eigenvalue weighted by Crippen LogP contribution is -2.41. The van der Waals surface area contributed by atoms with Crippen LogP contribution in [0.2, 0.25) is 0 Å². The second-order valence-corrected chi connectivity index (χ2v) is 10.2. The number of amides is 1. The highest BCUT2D eigenvalue weighted by atomic mass is 32.2. The van der Waals surface area contributed by atoms with Crippen LogP contribution in [0.1, 0.15) is 48.0 Å². The molecule has 1 aliphatic rings. The summed E-state index contributed by atoms with van der Waals surface area (Å²) in [5, 5.41) is 3.50. The zero-order valence-corrected chi connectivity index (χ0v) is 18.3. The number of hydrogen-bond donors (Lipinski definition) is 1. The first-order valence-corrected chi connectivity index (χ1v) is 10.7. The number of hydrogen-bond acceptors (Lipinski definition) is 7. The summed E-state index contributed by atoms with van der Waals surface area (Å²) in [4.78, 5) is 24.2. The van der Waals surface area contributed by atoms with Crippen LogP contribution < -0.4 is 5.32 Å². The fourth-order valence-corrected chi connectivity index (χ4v) is 3.49. The molecule has 0 aliphatic carbocycles. The fraction of sp³-hybridized carbons (Fsp3) is 0.778. The molecule has 1 saturated heterocycles. The average Bonchev–Trinajstić information content (AvgIpc) is 2.50. The molecule has 1 unspecified atom stereocenters. The van der Waals surface area contributed by atoms with Crippen molar-refractivity contribution in [1.82, 2.24) is 9.62 Å². The number of rotatable bonds is 6. The van der Waals surface area contributed by atoms with Gasteiger partial charge in [0.1, 0.15) is 11.2 Å². The van der Waals surface area contributed by atoms with Gasteiger partial charge in [-0.3, -0.25) is 4.79 Å². The molecule has 28 heavy (non-hydrogen) atoms. The first-order chi connectivity index (χ1) is 12.7. The van der Waals surface area contributed by atoms with E-state index in [0.717, 1.165) is 5.41 Å². The van der Waals surface area contributed by atoms with Gasteiger partial charge in [0, 0.05) is 18.5 Å². The fourth-order valence-electron chi connectivity index (χ4n) is 2.27. The molecule has 0 radical (unpaired) electrons. The Morgan fingerprint density at radius 2 is 1.61 bits per heavy atom. The Hall–Kier alpha value is -1.65. The van der Waals surface area contributed by atoms with E-state index in [9.17, 15) is 18.0 Å². The van der Waals surface area contributed by atoms with E-state index in [2.05, 4.69) is 5.32 Å². The third-order valence-electron chi connectivity index (χ3n) is 3.32. The van der Waals surface area contributed by atoms with E-state index in [4.69, 9.17) is 14.2 Å². The van der Waals surface area contributed by atoms with E-state index in [1.807, 2.05) is 0 Å². The van der Waals surface area contributed by atoms with Crippen LogP contribution in [0.25, 0.3) is 0 Å². The van der Waals surface area contributed by atoms with Crippen molar-refractivity contribution >= 4 is 22.1 Å². The van der Waals surface area contributed by atoms with Gasteiger partial charge in [-0.2, -0.15) is 4.31 Å². The van der Waals surface area contributed by atoms with Crippen LogP contribution in [0.4, 0.5) is 4.79 Å². The van der Waals surface area contributed by atoms with E-state index in [0.29, 0.717) is 13.2 Å². The van der Waals surface area contributed by atoms with Gasteiger partial charge in [0.05, 0.1) is 25.7 Å². The Kier molecular flexibility index (Phi) is 8.45. The van der Waals surface area contributed by atoms with Gasteiger partial charge >= 0.3 is 12.1 Å².